The van der Waals surface area contributed by atoms with E-state index in [9.17, 15) is 10.1 Å². The van der Waals surface area contributed by atoms with Crippen molar-refractivity contribution in [3.8, 4) is 34.5 Å². The topological polar surface area (TPSA) is 123 Å². The highest BCUT2D eigenvalue weighted by Crippen LogP contribution is 2.47. The smallest absolute Gasteiger partial charge is 0.252 e. The minimum absolute atomic E-state index is 0.117. The van der Waals surface area contributed by atoms with Gasteiger partial charge in [0, 0.05) is 35.8 Å². The van der Waals surface area contributed by atoms with Gasteiger partial charge in [0.15, 0.2) is 11.1 Å². The van der Waals surface area contributed by atoms with E-state index in [0.29, 0.717) is 53.6 Å². The highest BCUT2D eigenvalue weighted by atomic mass is 16.5. The predicted octanol–water partition coefficient (Wildman–Crippen LogP) is 5.64. The Morgan fingerprint density at radius 1 is 1.02 bits per heavy atom. The van der Waals surface area contributed by atoms with Crippen molar-refractivity contribution in [1.82, 2.24) is 29.5 Å². The van der Waals surface area contributed by atoms with Gasteiger partial charge in [0.25, 0.3) is 5.91 Å². The van der Waals surface area contributed by atoms with Crippen LogP contribution in [0, 0.1) is 24.2 Å². The zero-order valence-electron chi connectivity index (χ0n) is 24.9. The molecule has 0 bridgehead atoms. The zero-order chi connectivity index (χ0) is 30.3. The molecule has 0 N–H and O–H groups in total. The number of aryl methyl sites for hydroxylation is 2. The first-order chi connectivity index (χ1) is 20.8. The summed E-state index contributed by atoms with van der Waals surface area (Å²) in [5, 5.41) is 10.6. The molecule has 216 valence electrons. The van der Waals surface area contributed by atoms with Crippen LogP contribution < -0.4 is 9.64 Å². The van der Waals surface area contributed by atoms with Crippen molar-refractivity contribution >= 4 is 22.8 Å². The molecule has 0 fully saturated rings. The number of hydrogen-bond acceptors (Lipinski definition) is 8. The van der Waals surface area contributed by atoms with Gasteiger partial charge in [0.1, 0.15) is 34.9 Å². The molecule has 0 spiro atoms. The molecule has 0 radical (unpaired) electrons. The predicted molar refractivity (Wildman–Crippen MR) is 163 cm³/mol. The lowest BCUT2D eigenvalue weighted by Crippen LogP contribution is -2.40. The molecule has 5 aromatic rings. The van der Waals surface area contributed by atoms with Gasteiger partial charge in [0.2, 0.25) is 0 Å². The number of anilines is 1. The molecule has 4 heterocycles. The summed E-state index contributed by atoms with van der Waals surface area (Å²) < 4.78 is 7.31. The van der Waals surface area contributed by atoms with E-state index in [0.717, 1.165) is 28.1 Å². The first kappa shape index (κ1) is 28.0. The van der Waals surface area contributed by atoms with Gasteiger partial charge in [-0.05, 0) is 56.0 Å². The lowest BCUT2D eigenvalue weighted by atomic mass is 9.76. The summed E-state index contributed by atoms with van der Waals surface area (Å²) in [6.07, 6.45) is 5.45. The standard InChI is InChI=1S/C33H32N8O2/c1-6-40-30(24-15-35-21(4)36-16-24)39-29-28(37-19-38-31(29)40)23-9-12-27-26(13-23)33(18-34,14-20(2)3)32(42)41(27)17-22-7-10-25(43-5)11-8-22/h7-13,15-16,19-20H,6,14,17H2,1-5H3. The minimum atomic E-state index is -1.31. The monoisotopic (exact) mass is 572 g/mol. The van der Waals surface area contributed by atoms with E-state index in [2.05, 4.69) is 26.0 Å². The minimum Gasteiger partial charge on any atom is -0.497 e. The molecule has 10 nitrogen and oxygen atoms in total. The van der Waals surface area contributed by atoms with Gasteiger partial charge in [-0.25, -0.2) is 24.9 Å². The summed E-state index contributed by atoms with van der Waals surface area (Å²) in [7, 11) is 1.62. The number of carbonyl (C=O) groups is 1. The maximum Gasteiger partial charge on any atom is 0.252 e. The SMILES string of the molecule is CCn1c(-c2cnc(C)nc2)nc2c(-c3ccc4c(c3)C(C#N)(CC(C)C)C(=O)N4Cc3ccc(OC)cc3)ncnc21. The molecule has 6 rings (SSSR count). The molecule has 3 aromatic heterocycles. The van der Waals surface area contributed by atoms with Crippen molar-refractivity contribution in [2.75, 3.05) is 12.0 Å². The van der Waals surface area contributed by atoms with Crippen LogP contribution in [0.4, 0.5) is 5.69 Å². The van der Waals surface area contributed by atoms with Gasteiger partial charge in [0.05, 0.1) is 25.3 Å². The Labute approximate surface area is 250 Å². The van der Waals surface area contributed by atoms with Crippen molar-refractivity contribution < 1.29 is 9.53 Å². The van der Waals surface area contributed by atoms with Crippen molar-refractivity contribution in [2.45, 2.75) is 52.6 Å². The fourth-order valence-electron chi connectivity index (χ4n) is 5.93. The summed E-state index contributed by atoms with van der Waals surface area (Å²) in [5.41, 5.74) is 4.55. The van der Waals surface area contributed by atoms with Crippen LogP contribution in [0.25, 0.3) is 33.8 Å². The van der Waals surface area contributed by atoms with Crippen LogP contribution in [0.15, 0.2) is 61.2 Å². The number of rotatable bonds is 8. The maximum atomic E-state index is 14.1. The van der Waals surface area contributed by atoms with Crippen LogP contribution in [-0.4, -0.2) is 42.5 Å². The molecule has 1 unspecified atom stereocenters. The van der Waals surface area contributed by atoms with E-state index >= 15 is 0 Å². The largest absolute Gasteiger partial charge is 0.497 e. The van der Waals surface area contributed by atoms with Gasteiger partial charge in [-0.3, -0.25) is 4.79 Å². The van der Waals surface area contributed by atoms with Gasteiger partial charge in [-0.2, -0.15) is 5.26 Å². The van der Waals surface area contributed by atoms with Crippen molar-refractivity contribution in [3.63, 3.8) is 0 Å². The summed E-state index contributed by atoms with van der Waals surface area (Å²) in [5.74, 6) is 2.03. The molecule has 2 aromatic carbocycles. The third-order valence-electron chi connectivity index (χ3n) is 7.92. The van der Waals surface area contributed by atoms with Crippen LogP contribution >= 0.6 is 0 Å². The van der Waals surface area contributed by atoms with Crippen LogP contribution in [0.2, 0.25) is 0 Å². The Morgan fingerprint density at radius 2 is 1.77 bits per heavy atom. The molecule has 43 heavy (non-hydrogen) atoms. The molecule has 0 saturated carbocycles. The Morgan fingerprint density at radius 3 is 2.42 bits per heavy atom. The second kappa shape index (κ2) is 10.9. The second-order valence-electron chi connectivity index (χ2n) is 11.2. The summed E-state index contributed by atoms with van der Waals surface area (Å²) in [6.45, 7) is 8.92. The first-order valence-corrected chi connectivity index (χ1v) is 14.3. The van der Waals surface area contributed by atoms with Crippen molar-refractivity contribution in [1.29, 1.82) is 5.26 Å². The highest BCUT2D eigenvalue weighted by molar-refractivity contribution is 6.10. The van der Waals surface area contributed by atoms with Crippen LogP contribution in [0.3, 0.4) is 0 Å². The number of methoxy groups -OCH3 is 1. The van der Waals surface area contributed by atoms with Crippen molar-refractivity contribution in [2.24, 2.45) is 5.92 Å². The zero-order valence-corrected chi connectivity index (χ0v) is 24.9. The van der Waals surface area contributed by atoms with Gasteiger partial charge < -0.3 is 14.2 Å². The molecule has 1 aliphatic heterocycles. The molecule has 1 aliphatic rings. The molecule has 0 saturated heterocycles. The number of amides is 1. The van der Waals surface area contributed by atoms with Gasteiger partial charge in [-0.15, -0.1) is 0 Å². The van der Waals surface area contributed by atoms with Crippen LogP contribution in [0.1, 0.15) is 44.1 Å². The van der Waals surface area contributed by atoms with E-state index in [1.54, 1.807) is 24.4 Å². The van der Waals surface area contributed by atoms with E-state index < -0.39 is 5.41 Å². The Hall–Kier alpha value is -5.17. The lowest BCUT2D eigenvalue weighted by molar-refractivity contribution is -0.122. The number of benzene rings is 2. The Kier molecular flexibility index (Phi) is 7.10. The van der Waals surface area contributed by atoms with E-state index in [4.69, 9.17) is 9.72 Å². The average Bonchev–Trinajstić information content (AvgIpc) is 3.50. The average molecular weight is 573 g/mol. The van der Waals surface area contributed by atoms with Gasteiger partial charge >= 0.3 is 0 Å². The van der Waals surface area contributed by atoms with Gasteiger partial charge in [-0.1, -0.05) is 32.0 Å². The third kappa shape index (κ3) is 4.67. The summed E-state index contributed by atoms with van der Waals surface area (Å²) in [4.78, 5) is 38.7. The Balaban J connectivity index is 1.49. The normalized spacial score (nSPS) is 16.1. The van der Waals surface area contributed by atoms with Crippen LogP contribution in [0.5, 0.6) is 5.75 Å². The van der Waals surface area contributed by atoms with Crippen molar-refractivity contribution in [3.05, 3.63) is 78.1 Å². The number of nitriles is 1. The van der Waals surface area contributed by atoms with E-state index in [-0.39, 0.29) is 11.8 Å². The molecule has 1 atom stereocenters. The van der Waals surface area contributed by atoms with E-state index in [1.165, 1.54) is 6.33 Å². The Bertz CT molecular complexity index is 1870. The number of nitrogens with zero attached hydrogens (tertiary/aromatic N) is 8. The molecule has 0 aliphatic carbocycles. The number of carbonyl (C=O) groups excluding carboxylic acids is 1. The second-order valence-corrected chi connectivity index (χ2v) is 11.2. The molecule has 10 heteroatoms. The number of hydrogen-bond donors (Lipinski definition) is 0. The fourth-order valence-corrected chi connectivity index (χ4v) is 5.93. The number of fused-ring (bicyclic) bond motifs is 2. The maximum absolute atomic E-state index is 14.1. The van der Waals surface area contributed by atoms with Crippen LogP contribution in [-0.2, 0) is 23.3 Å². The fraction of sp³-hybridized carbons (Fsp3) is 0.303. The summed E-state index contributed by atoms with van der Waals surface area (Å²) in [6, 6.07) is 15.9. The van der Waals surface area contributed by atoms with E-state index in [1.807, 2.05) is 74.7 Å². The molecular formula is C33H32N8O2. The number of imidazole rings is 1. The number of aromatic nitrogens is 6. The molecular weight excluding hydrogens is 540 g/mol. The molecule has 1 amide bonds. The quantitative estimate of drug-likeness (QED) is 0.234. The third-order valence-corrected chi connectivity index (χ3v) is 7.92. The lowest BCUT2D eigenvalue weighted by Gasteiger charge is -2.23. The first-order valence-electron chi connectivity index (χ1n) is 14.3. The highest BCUT2D eigenvalue weighted by Gasteiger charge is 2.52. The summed E-state index contributed by atoms with van der Waals surface area (Å²) >= 11 is 0. The number of ether oxygens (including phenoxy) is 1.